The van der Waals surface area contributed by atoms with Crippen LogP contribution in [0.2, 0.25) is 0 Å². The van der Waals surface area contributed by atoms with Gasteiger partial charge in [0.05, 0.1) is 42.5 Å². The van der Waals surface area contributed by atoms with Crippen LogP contribution in [-0.4, -0.2) is 83.8 Å². The van der Waals surface area contributed by atoms with Crippen molar-refractivity contribution in [3.63, 3.8) is 0 Å². The predicted molar refractivity (Wildman–Crippen MR) is 155 cm³/mol. The van der Waals surface area contributed by atoms with Crippen molar-refractivity contribution in [2.45, 2.75) is 44.2 Å². The lowest BCUT2D eigenvalue weighted by molar-refractivity contribution is -0.143. The molecule has 1 heterocycles. The van der Waals surface area contributed by atoms with Gasteiger partial charge in [-0.05, 0) is 58.9 Å². The molecule has 1 aliphatic carbocycles. The van der Waals surface area contributed by atoms with Crippen LogP contribution in [0.15, 0.2) is 48.0 Å². The van der Waals surface area contributed by atoms with E-state index < -0.39 is 35.9 Å². The Hall–Kier alpha value is -2.78. The molecule has 0 radical (unpaired) electrons. The number of halogens is 2. The molecular formula is C29H34FIN2O8. The Morgan fingerprint density at radius 3 is 2.68 bits per heavy atom. The third kappa shape index (κ3) is 7.36. The van der Waals surface area contributed by atoms with Gasteiger partial charge in [0.1, 0.15) is 18.0 Å². The van der Waals surface area contributed by atoms with Crippen molar-refractivity contribution < 1.29 is 43.5 Å². The molecule has 1 saturated heterocycles. The van der Waals surface area contributed by atoms with Crippen LogP contribution in [0.1, 0.15) is 24.0 Å². The molecule has 10 nitrogen and oxygen atoms in total. The monoisotopic (exact) mass is 684 g/mol. The molecule has 4 unspecified atom stereocenters. The molecule has 2 aromatic carbocycles. The number of hydrogen-bond acceptors (Lipinski definition) is 8. The van der Waals surface area contributed by atoms with Crippen LogP contribution in [0.25, 0.3) is 0 Å². The smallest absolute Gasteiger partial charge is 0.247 e. The van der Waals surface area contributed by atoms with Gasteiger partial charge in [-0.15, -0.1) is 0 Å². The third-order valence-electron chi connectivity index (χ3n) is 7.20. The van der Waals surface area contributed by atoms with Crippen LogP contribution in [0.4, 0.5) is 4.39 Å². The summed E-state index contributed by atoms with van der Waals surface area (Å²) in [4.78, 5) is 28.3. The molecule has 0 spiro atoms. The van der Waals surface area contributed by atoms with Crippen LogP contribution in [0, 0.1) is 15.3 Å². The van der Waals surface area contributed by atoms with E-state index in [-0.39, 0.29) is 62.1 Å². The number of hydrogen-bond donors (Lipinski definition) is 4. The van der Waals surface area contributed by atoms with E-state index in [1.165, 1.54) is 24.2 Å². The number of nitrogens with zero attached hydrogens (tertiary/aromatic N) is 1. The Labute approximate surface area is 251 Å². The number of benzene rings is 2. The zero-order valence-electron chi connectivity index (χ0n) is 22.6. The largest absolute Gasteiger partial charge is 0.493 e. The minimum atomic E-state index is -1.31. The Bertz CT molecular complexity index is 1270. The lowest BCUT2D eigenvalue weighted by Crippen LogP contribution is -2.56. The number of carbonyl (C=O) groups excluding carboxylic acids is 2. The maximum absolute atomic E-state index is 14.8. The van der Waals surface area contributed by atoms with Crippen molar-refractivity contribution in [1.82, 2.24) is 10.2 Å². The second kappa shape index (κ2) is 14.4. The minimum Gasteiger partial charge on any atom is -0.493 e. The van der Waals surface area contributed by atoms with Gasteiger partial charge in [0.25, 0.3) is 0 Å². The fourth-order valence-corrected chi connectivity index (χ4v) is 5.82. The second-order valence-electron chi connectivity index (χ2n) is 9.90. The lowest BCUT2D eigenvalue weighted by Gasteiger charge is -2.41. The van der Waals surface area contributed by atoms with E-state index in [0.29, 0.717) is 27.9 Å². The standard InChI is InChI=1S/C29H34FIN2O8/c1-39-25-11-17(15-35)10-22(31)27(25)41-24-13-20(28(37)32-7-8-34)12-23(26(24)36)33(29(38)19-6-9-40-16-19)14-18-4-2-3-5-21(18)30/h2-5,10-11,13,19,23-24,26,34-36H,6-9,12,14-16H2,1H3,(H,32,37). The predicted octanol–water partition coefficient (Wildman–Crippen LogP) is 1.91. The van der Waals surface area contributed by atoms with Crippen LogP contribution in [-0.2, 0) is 27.5 Å². The van der Waals surface area contributed by atoms with Crippen molar-refractivity contribution in [3.8, 4) is 11.5 Å². The van der Waals surface area contributed by atoms with E-state index in [4.69, 9.17) is 14.2 Å². The first-order chi connectivity index (χ1) is 19.8. The highest BCUT2D eigenvalue weighted by molar-refractivity contribution is 14.1. The van der Waals surface area contributed by atoms with Crippen molar-refractivity contribution in [3.05, 3.63) is 68.6 Å². The zero-order valence-corrected chi connectivity index (χ0v) is 24.8. The Balaban J connectivity index is 1.74. The maximum atomic E-state index is 14.8. The molecule has 4 atom stereocenters. The van der Waals surface area contributed by atoms with Gasteiger partial charge >= 0.3 is 0 Å². The molecule has 12 heteroatoms. The van der Waals surface area contributed by atoms with Crippen LogP contribution in [0.5, 0.6) is 11.5 Å². The molecule has 2 amide bonds. The van der Waals surface area contributed by atoms with Gasteiger partial charge in [0, 0.05) is 37.3 Å². The Kier molecular flexibility index (Phi) is 10.9. The summed E-state index contributed by atoms with van der Waals surface area (Å²) >= 11 is 2.03. The van der Waals surface area contributed by atoms with Crippen molar-refractivity contribution in [2.24, 2.45) is 5.92 Å². The molecule has 1 aliphatic heterocycles. The fraction of sp³-hybridized carbons (Fsp3) is 0.448. The normalized spacial score (nSPS) is 22.1. The average Bonchev–Trinajstić information content (AvgIpc) is 3.52. The van der Waals surface area contributed by atoms with Gasteiger partial charge in [-0.3, -0.25) is 9.59 Å². The van der Waals surface area contributed by atoms with Crippen molar-refractivity contribution in [1.29, 1.82) is 0 Å². The molecule has 0 saturated carbocycles. The molecule has 41 heavy (non-hydrogen) atoms. The molecule has 0 aromatic heterocycles. The van der Waals surface area contributed by atoms with E-state index in [0.717, 1.165) is 0 Å². The number of aliphatic hydroxyl groups is 3. The van der Waals surface area contributed by atoms with Gasteiger partial charge < -0.3 is 39.7 Å². The highest BCUT2D eigenvalue weighted by Gasteiger charge is 2.43. The van der Waals surface area contributed by atoms with Gasteiger partial charge in [-0.1, -0.05) is 18.2 Å². The van der Waals surface area contributed by atoms with Gasteiger partial charge in [0.2, 0.25) is 11.8 Å². The molecule has 2 aliphatic rings. The van der Waals surface area contributed by atoms with E-state index in [9.17, 15) is 29.3 Å². The van der Waals surface area contributed by atoms with Crippen LogP contribution >= 0.6 is 22.6 Å². The summed E-state index contributed by atoms with van der Waals surface area (Å²) in [6.07, 6.45) is -0.443. The van der Waals surface area contributed by atoms with Crippen LogP contribution in [0.3, 0.4) is 0 Å². The summed E-state index contributed by atoms with van der Waals surface area (Å²) in [5.74, 6) is -1.16. The number of carbonyl (C=O) groups is 2. The molecular weight excluding hydrogens is 650 g/mol. The lowest BCUT2D eigenvalue weighted by atomic mass is 9.87. The Morgan fingerprint density at radius 2 is 2.02 bits per heavy atom. The van der Waals surface area contributed by atoms with E-state index >= 15 is 0 Å². The summed E-state index contributed by atoms with van der Waals surface area (Å²) in [7, 11) is 1.45. The molecule has 4 N–H and O–H groups in total. The van der Waals surface area contributed by atoms with E-state index in [1.54, 1.807) is 30.3 Å². The van der Waals surface area contributed by atoms with Crippen molar-refractivity contribution in [2.75, 3.05) is 33.5 Å². The quantitative estimate of drug-likeness (QED) is 0.264. The summed E-state index contributed by atoms with van der Waals surface area (Å²) in [6, 6.07) is 8.46. The number of ether oxygens (including phenoxy) is 3. The third-order valence-corrected chi connectivity index (χ3v) is 8.00. The van der Waals surface area contributed by atoms with Gasteiger partial charge in [-0.2, -0.15) is 0 Å². The van der Waals surface area contributed by atoms with E-state index in [2.05, 4.69) is 5.32 Å². The highest BCUT2D eigenvalue weighted by atomic mass is 127. The number of amides is 2. The summed E-state index contributed by atoms with van der Waals surface area (Å²) in [6.45, 7) is 0.0287. The first-order valence-corrected chi connectivity index (χ1v) is 14.4. The summed E-state index contributed by atoms with van der Waals surface area (Å²) in [5, 5.41) is 33.1. The van der Waals surface area contributed by atoms with E-state index in [1.807, 2.05) is 22.6 Å². The van der Waals surface area contributed by atoms with Gasteiger partial charge in [-0.25, -0.2) is 4.39 Å². The fourth-order valence-electron chi connectivity index (χ4n) is 5.03. The molecule has 222 valence electrons. The van der Waals surface area contributed by atoms with Crippen molar-refractivity contribution >= 4 is 34.4 Å². The number of aliphatic hydroxyl groups excluding tert-OH is 3. The number of rotatable bonds is 11. The minimum absolute atomic E-state index is 0.0144. The first kappa shape index (κ1) is 31.2. The van der Waals surface area contributed by atoms with Crippen LogP contribution < -0.4 is 14.8 Å². The topological polar surface area (TPSA) is 138 Å². The molecule has 1 fully saturated rings. The first-order valence-electron chi connectivity index (χ1n) is 13.3. The Morgan fingerprint density at radius 1 is 1.24 bits per heavy atom. The molecule has 2 aromatic rings. The number of nitrogens with one attached hydrogen (secondary N) is 1. The highest BCUT2D eigenvalue weighted by Crippen LogP contribution is 2.37. The average molecular weight is 684 g/mol. The molecule has 4 rings (SSSR count). The number of methoxy groups -OCH3 is 1. The maximum Gasteiger partial charge on any atom is 0.247 e. The SMILES string of the molecule is COc1cc(CO)cc(I)c1OC1C=C(C(=O)NCCO)CC(N(Cc2ccccc2F)C(=O)C2CCOC2)C1O. The second-order valence-corrected chi connectivity index (χ2v) is 11.1. The zero-order chi connectivity index (χ0) is 29.5. The summed E-state index contributed by atoms with van der Waals surface area (Å²) in [5.41, 5.74) is 1.11. The molecule has 0 bridgehead atoms. The summed E-state index contributed by atoms with van der Waals surface area (Å²) < 4.78 is 32.5. The van der Waals surface area contributed by atoms with Gasteiger partial charge in [0.15, 0.2) is 11.5 Å².